The molecule has 2 rings (SSSR count). The average molecular weight is 238 g/mol. The van der Waals surface area contributed by atoms with Crippen LogP contribution in [-0.4, -0.2) is 18.5 Å². The van der Waals surface area contributed by atoms with Crippen LogP contribution in [0.25, 0.3) is 0 Å². The first-order chi connectivity index (χ1) is 8.22. The van der Waals surface area contributed by atoms with Crippen LogP contribution in [0.1, 0.15) is 64.7 Å². The summed E-state index contributed by atoms with van der Waals surface area (Å²) in [6.45, 7) is 2.26. The number of hydrogen-bond acceptors (Lipinski definition) is 2. The third-order valence-corrected chi connectivity index (χ3v) is 5.05. The Balaban J connectivity index is 1.96. The maximum atomic E-state index is 12.6. The van der Waals surface area contributed by atoms with E-state index in [1.807, 2.05) is 0 Å². The Morgan fingerprint density at radius 2 is 1.76 bits per heavy atom. The van der Waals surface area contributed by atoms with Gasteiger partial charge in [-0.25, -0.2) is 0 Å². The topological polar surface area (TPSA) is 26.3 Å². The van der Waals surface area contributed by atoms with Crippen molar-refractivity contribution >= 4 is 5.78 Å². The van der Waals surface area contributed by atoms with Crippen molar-refractivity contribution in [2.24, 2.45) is 11.8 Å². The molecule has 0 unspecified atom stereocenters. The van der Waals surface area contributed by atoms with Crippen LogP contribution in [0.4, 0.5) is 0 Å². The standard InChI is InChI=1S/C15H26O2/c1-3-12-6-8-13(9-7-12)14(16)15(17-2)10-4-5-11-15/h12-13H,3-11H2,1-2H3. The molecule has 2 heteroatoms. The van der Waals surface area contributed by atoms with Gasteiger partial charge >= 0.3 is 0 Å². The fourth-order valence-electron chi connectivity index (χ4n) is 3.70. The van der Waals surface area contributed by atoms with E-state index in [2.05, 4.69) is 6.92 Å². The average Bonchev–Trinajstić information content (AvgIpc) is 2.88. The Kier molecular flexibility index (Phi) is 4.24. The summed E-state index contributed by atoms with van der Waals surface area (Å²) in [4.78, 5) is 12.6. The summed E-state index contributed by atoms with van der Waals surface area (Å²) in [5.41, 5.74) is -0.399. The van der Waals surface area contributed by atoms with E-state index < -0.39 is 5.60 Å². The number of hydrogen-bond donors (Lipinski definition) is 0. The monoisotopic (exact) mass is 238 g/mol. The molecule has 0 amide bonds. The molecule has 0 radical (unpaired) electrons. The minimum Gasteiger partial charge on any atom is -0.370 e. The molecular weight excluding hydrogens is 212 g/mol. The van der Waals surface area contributed by atoms with Crippen LogP contribution in [0.2, 0.25) is 0 Å². The number of methoxy groups -OCH3 is 1. The zero-order valence-corrected chi connectivity index (χ0v) is 11.3. The third kappa shape index (κ3) is 2.57. The summed E-state index contributed by atoms with van der Waals surface area (Å²) in [6, 6.07) is 0. The minimum atomic E-state index is -0.399. The molecule has 2 aliphatic rings. The van der Waals surface area contributed by atoms with Crippen molar-refractivity contribution < 1.29 is 9.53 Å². The summed E-state index contributed by atoms with van der Waals surface area (Å²) < 4.78 is 5.62. The van der Waals surface area contributed by atoms with Gasteiger partial charge in [-0.05, 0) is 57.3 Å². The number of carbonyl (C=O) groups excluding carboxylic acids is 1. The molecule has 2 aliphatic carbocycles. The molecule has 2 saturated carbocycles. The van der Waals surface area contributed by atoms with Crippen molar-refractivity contribution in [2.75, 3.05) is 7.11 Å². The Morgan fingerprint density at radius 1 is 1.18 bits per heavy atom. The SMILES string of the molecule is CCC1CCC(C(=O)C2(OC)CCCC2)CC1. The van der Waals surface area contributed by atoms with Crippen LogP contribution in [0.15, 0.2) is 0 Å². The van der Waals surface area contributed by atoms with Crippen molar-refractivity contribution in [3.05, 3.63) is 0 Å². The second-order valence-electron chi connectivity index (χ2n) is 5.90. The lowest BCUT2D eigenvalue weighted by atomic mass is 9.75. The number of Topliss-reactive ketones (excluding diaryl/α,β-unsaturated/α-hetero) is 1. The van der Waals surface area contributed by atoms with Crippen molar-refractivity contribution in [3.8, 4) is 0 Å². The van der Waals surface area contributed by atoms with Crippen molar-refractivity contribution in [2.45, 2.75) is 70.3 Å². The van der Waals surface area contributed by atoms with Crippen LogP contribution in [0, 0.1) is 11.8 Å². The summed E-state index contributed by atoms with van der Waals surface area (Å²) in [7, 11) is 1.72. The summed E-state index contributed by atoms with van der Waals surface area (Å²) in [6.07, 6.45) is 10.2. The van der Waals surface area contributed by atoms with Gasteiger partial charge in [-0.3, -0.25) is 4.79 Å². The van der Waals surface area contributed by atoms with Gasteiger partial charge in [-0.15, -0.1) is 0 Å². The highest BCUT2D eigenvalue weighted by Gasteiger charge is 2.44. The van der Waals surface area contributed by atoms with Gasteiger partial charge in [-0.2, -0.15) is 0 Å². The van der Waals surface area contributed by atoms with Crippen LogP contribution in [-0.2, 0) is 9.53 Å². The normalized spacial score (nSPS) is 32.6. The van der Waals surface area contributed by atoms with E-state index in [1.165, 1.54) is 19.3 Å². The molecular formula is C15H26O2. The highest BCUT2D eigenvalue weighted by Crippen LogP contribution is 2.40. The largest absolute Gasteiger partial charge is 0.370 e. The lowest BCUT2D eigenvalue weighted by Crippen LogP contribution is -2.43. The Morgan fingerprint density at radius 3 is 2.24 bits per heavy atom. The van der Waals surface area contributed by atoms with E-state index in [4.69, 9.17) is 4.74 Å². The number of ketones is 1. The Bertz CT molecular complexity index is 258. The Hall–Kier alpha value is -0.370. The third-order valence-electron chi connectivity index (χ3n) is 5.05. The molecule has 0 spiro atoms. The molecule has 98 valence electrons. The lowest BCUT2D eigenvalue weighted by Gasteiger charge is -2.34. The molecule has 0 bridgehead atoms. The van der Waals surface area contributed by atoms with Gasteiger partial charge < -0.3 is 4.74 Å². The molecule has 0 N–H and O–H groups in total. The Labute approximate surface area is 105 Å². The van der Waals surface area contributed by atoms with Crippen LogP contribution in [0.5, 0.6) is 0 Å². The first kappa shape index (κ1) is 13.1. The lowest BCUT2D eigenvalue weighted by molar-refractivity contribution is -0.146. The summed E-state index contributed by atoms with van der Waals surface area (Å²) in [5, 5.41) is 0. The molecule has 0 aromatic rings. The van der Waals surface area contributed by atoms with Crippen LogP contribution in [0.3, 0.4) is 0 Å². The summed E-state index contributed by atoms with van der Waals surface area (Å²) in [5.74, 6) is 1.57. The molecule has 0 heterocycles. The van der Waals surface area contributed by atoms with Crippen molar-refractivity contribution in [3.63, 3.8) is 0 Å². The number of rotatable bonds is 4. The quantitative estimate of drug-likeness (QED) is 0.746. The minimum absolute atomic E-state index is 0.288. The smallest absolute Gasteiger partial charge is 0.167 e. The van der Waals surface area contributed by atoms with Crippen LogP contribution < -0.4 is 0 Å². The van der Waals surface area contributed by atoms with Gasteiger partial charge in [0.05, 0.1) is 0 Å². The fourth-order valence-corrected chi connectivity index (χ4v) is 3.70. The van der Waals surface area contributed by atoms with E-state index in [0.29, 0.717) is 5.78 Å². The van der Waals surface area contributed by atoms with E-state index in [0.717, 1.165) is 44.4 Å². The maximum Gasteiger partial charge on any atom is 0.167 e. The van der Waals surface area contributed by atoms with Gasteiger partial charge in [0.2, 0.25) is 0 Å². The van der Waals surface area contributed by atoms with Crippen molar-refractivity contribution in [1.29, 1.82) is 0 Å². The molecule has 0 aromatic heterocycles. The van der Waals surface area contributed by atoms with Gasteiger partial charge in [0.25, 0.3) is 0 Å². The van der Waals surface area contributed by atoms with Crippen LogP contribution >= 0.6 is 0 Å². The zero-order valence-electron chi connectivity index (χ0n) is 11.3. The first-order valence-electron chi connectivity index (χ1n) is 7.31. The maximum absolute atomic E-state index is 12.6. The second-order valence-corrected chi connectivity index (χ2v) is 5.90. The highest BCUT2D eigenvalue weighted by molar-refractivity contribution is 5.89. The van der Waals surface area contributed by atoms with E-state index in [9.17, 15) is 4.79 Å². The fraction of sp³-hybridized carbons (Fsp3) is 0.933. The predicted octanol–water partition coefficient (Wildman–Crippen LogP) is 3.73. The van der Waals surface area contributed by atoms with Gasteiger partial charge in [0.1, 0.15) is 5.60 Å². The molecule has 17 heavy (non-hydrogen) atoms. The van der Waals surface area contributed by atoms with E-state index in [1.54, 1.807) is 7.11 Å². The molecule has 0 aliphatic heterocycles. The number of carbonyl (C=O) groups is 1. The second kappa shape index (κ2) is 5.51. The molecule has 2 fully saturated rings. The summed E-state index contributed by atoms with van der Waals surface area (Å²) >= 11 is 0. The first-order valence-corrected chi connectivity index (χ1v) is 7.31. The molecule has 2 nitrogen and oxygen atoms in total. The predicted molar refractivity (Wildman–Crippen MR) is 69.0 cm³/mol. The molecule has 0 atom stereocenters. The van der Waals surface area contributed by atoms with Gasteiger partial charge in [0, 0.05) is 13.0 Å². The number of ether oxygens (including phenoxy) is 1. The van der Waals surface area contributed by atoms with E-state index >= 15 is 0 Å². The molecule has 0 saturated heterocycles. The highest BCUT2D eigenvalue weighted by atomic mass is 16.5. The van der Waals surface area contributed by atoms with Gasteiger partial charge in [-0.1, -0.05) is 13.3 Å². The molecule has 0 aromatic carbocycles. The zero-order chi connectivity index (χ0) is 12.3. The van der Waals surface area contributed by atoms with E-state index in [-0.39, 0.29) is 5.92 Å². The van der Waals surface area contributed by atoms with Crippen molar-refractivity contribution in [1.82, 2.24) is 0 Å². The van der Waals surface area contributed by atoms with Gasteiger partial charge in [0.15, 0.2) is 5.78 Å².